The third kappa shape index (κ3) is 5.11. The molecule has 0 bridgehead atoms. The average Bonchev–Trinajstić information content (AvgIpc) is 2.73. The Morgan fingerprint density at radius 2 is 1.46 bits per heavy atom. The summed E-state index contributed by atoms with van der Waals surface area (Å²) in [7, 11) is 0. The number of carboxylic acids is 2. The topological polar surface area (TPSA) is 203 Å². The number of thiol groups is 1. The van der Waals surface area contributed by atoms with E-state index in [2.05, 4.69) is 23.3 Å². The second kappa shape index (κ2) is 9.05. The van der Waals surface area contributed by atoms with Crippen LogP contribution in [0.4, 0.5) is 0 Å². The minimum atomic E-state index is -2.50. The van der Waals surface area contributed by atoms with Gasteiger partial charge in [-0.1, -0.05) is 0 Å². The number of aliphatic hydroxyl groups excluding tert-OH is 2. The number of rotatable bonds is 9. The Hall–Kier alpha value is -1.93. The highest BCUT2D eigenvalue weighted by Crippen LogP contribution is 2.48. The zero-order chi connectivity index (χ0) is 21.9. The predicted molar refractivity (Wildman–Crippen MR) is 94.3 cm³/mol. The van der Waals surface area contributed by atoms with Crippen molar-refractivity contribution in [2.24, 2.45) is 0 Å². The van der Waals surface area contributed by atoms with Gasteiger partial charge in [0.1, 0.15) is 34.8 Å². The van der Waals surface area contributed by atoms with Crippen LogP contribution >= 0.6 is 12.6 Å². The molecular weight excluding hydrogens is 400 g/mol. The van der Waals surface area contributed by atoms with Gasteiger partial charge in [0.2, 0.25) is 11.8 Å². The Balaban J connectivity index is 3.31. The number of aliphatic hydroxyl groups is 3. The molecule has 6 atom stereocenters. The normalized spacial score (nSPS) is 31.6. The van der Waals surface area contributed by atoms with E-state index in [-0.39, 0.29) is 0 Å². The molecule has 1 aliphatic rings. The molecule has 1 rings (SSSR count). The number of hydrogen-bond acceptors (Lipinski definition) is 9. The summed E-state index contributed by atoms with van der Waals surface area (Å²) in [6, 6.07) is -3.27. The van der Waals surface area contributed by atoms with E-state index in [9.17, 15) is 44.7 Å². The number of carbonyl (C=O) groups excluding carboxylic acids is 2. The lowest BCUT2D eigenvalue weighted by molar-refractivity contribution is -0.152. The maximum absolute atomic E-state index is 11.4. The molecule has 13 heteroatoms. The molecule has 160 valence electrons. The van der Waals surface area contributed by atoms with Crippen molar-refractivity contribution in [1.29, 1.82) is 0 Å². The second-order valence-electron chi connectivity index (χ2n) is 6.58. The van der Waals surface area contributed by atoms with E-state index >= 15 is 0 Å². The van der Waals surface area contributed by atoms with Gasteiger partial charge in [-0.25, -0.2) is 9.59 Å². The van der Waals surface area contributed by atoms with Crippen LogP contribution in [-0.2, 0) is 23.9 Å². The van der Waals surface area contributed by atoms with Crippen molar-refractivity contribution in [2.45, 2.75) is 61.5 Å². The summed E-state index contributed by atoms with van der Waals surface area (Å²) >= 11 is 4.16. The summed E-state index contributed by atoms with van der Waals surface area (Å²) < 4.78 is 5.37. The summed E-state index contributed by atoms with van der Waals surface area (Å²) in [5.41, 5.74) is -2.50. The lowest BCUT2D eigenvalue weighted by atomic mass is 9.81. The molecule has 0 aromatic rings. The fraction of sp³-hybridized carbons (Fsp3) is 0.733. The van der Waals surface area contributed by atoms with Crippen LogP contribution in [0.25, 0.3) is 0 Å². The molecule has 28 heavy (non-hydrogen) atoms. The first-order valence-corrected chi connectivity index (χ1v) is 8.63. The van der Waals surface area contributed by atoms with Gasteiger partial charge >= 0.3 is 11.9 Å². The van der Waals surface area contributed by atoms with Gasteiger partial charge in [0.05, 0.1) is 6.61 Å². The highest BCUT2D eigenvalue weighted by atomic mass is 32.1. The van der Waals surface area contributed by atoms with Crippen molar-refractivity contribution in [3.8, 4) is 0 Å². The third-order valence-electron chi connectivity index (χ3n) is 4.39. The van der Waals surface area contributed by atoms with Crippen molar-refractivity contribution in [1.82, 2.24) is 10.6 Å². The highest BCUT2D eigenvalue weighted by molar-refractivity contribution is 7.81. The fourth-order valence-electron chi connectivity index (χ4n) is 3.08. The van der Waals surface area contributed by atoms with Crippen LogP contribution in [0.2, 0.25) is 0 Å². The molecule has 0 radical (unpaired) electrons. The van der Waals surface area contributed by atoms with Gasteiger partial charge in [-0.15, -0.1) is 12.6 Å². The van der Waals surface area contributed by atoms with Crippen LogP contribution in [0, 0.1) is 0 Å². The Morgan fingerprint density at radius 3 is 1.82 bits per heavy atom. The monoisotopic (exact) mass is 424 g/mol. The highest BCUT2D eigenvalue weighted by Gasteiger charge is 2.65. The molecule has 12 nitrogen and oxygen atoms in total. The molecule has 0 saturated carbocycles. The lowest BCUT2D eigenvalue weighted by Gasteiger charge is -2.41. The lowest BCUT2D eigenvalue weighted by Crippen LogP contribution is -2.60. The van der Waals surface area contributed by atoms with E-state index in [1.807, 2.05) is 0 Å². The molecule has 0 aromatic heterocycles. The van der Waals surface area contributed by atoms with Crippen molar-refractivity contribution >= 4 is 36.4 Å². The van der Waals surface area contributed by atoms with Crippen LogP contribution in [-0.4, -0.2) is 90.7 Å². The number of nitrogens with one attached hydrogen (secondary N) is 2. The van der Waals surface area contributed by atoms with Gasteiger partial charge in [0, 0.05) is 26.7 Å². The number of carbonyl (C=O) groups is 4. The zero-order valence-electron chi connectivity index (χ0n) is 15.2. The number of aliphatic carboxylic acids is 2. The van der Waals surface area contributed by atoms with E-state index in [4.69, 9.17) is 4.74 Å². The summed E-state index contributed by atoms with van der Waals surface area (Å²) in [6.07, 6.45) is -4.77. The van der Waals surface area contributed by atoms with E-state index in [1.165, 1.54) is 0 Å². The summed E-state index contributed by atoms with van der Waals surface area (Å²) in [5, 5.41) is 53.7. The fourth-order valence-corrected chi connectivity index (χ4v) is 3.62. The van der Waals surface area contributed by atoms with Crippen LogP contribution in [0.5, 0.6) is 0 Å². The average molecular weight is 424 g/mol. The number of hydrogen-bond donors (Lipinski definition) is 8. The number of amides is 2. The van der Waals surface area contributed by atoms with Crippen molar-refractivity contribution in [2.75, 3.05) is 6.61 Å². The first-order valence-electron chi connectivity index (χ1n) is 8.18. The van der Waals surface area contributed by atoms with Gasteiger partial charge in [-0.2, -0.15) is 0 Å². The van der Waals surface area contributed by atoms with Crippen molar-refractivity contribution < 1.29 is 49.4 Å². The van der Waals surface area contributed by atoms with E-state index in [1.54, 1.807) is 0 Å². The molecule has 1 unspecified atom stereocenters. The number of ether oxygens (including phenoxy) is 1. The molecule has 1 saturated heterocycles. The molecule has 1 fully saturated rings. The maximum atomic E-state index is 11.4. The van der Waals surface area contributed by atoms with Gasteiger partial charge in [0.25, 0.3) is 0 Å². The van der Waals surface area contributed by atoms with Crippen LogP contribution in [0.3, 0.4) is 0 Å². The van der Waals surface area contributed by atoms with Gasteiger partial charge in [-0.05, 0) is 0 Å². The Labute approximate surface area is 165 Å². The summed E-state index contributed by atoms with van der Waals surface area (Å²) in [6.45, 7) is 1.32. The Kier molecular flexibility index (Phi) is 7.79. The largest absolute Gasteiger partial charge is 0.480 e. The van der Waals surface area contributed by atoms with Gasteiger partial charge < -0.3 is 40.9 Å². The summed E-state index contributed by atoms with van der Waals surface area (Å²) in [5.74, 6) is -4.45. The molecule has 7 N–H and O–H groups in total. The molecule has 0 aromatic carbocycles. The van der Waals surface area contributed by atoms with Crippen molar-refractivity contribution in [3.05, 3.63) is 0 Å². The van der Waals surface area contributed by atoms with Crippen molar-refractivity contribution in [3.63, 3.8) is 0 Å². The van der Waals surface area contributed by atoms with E-state index in [0.717, 1.165) is 13.8 Å². The molecule has 1 heterocycles. The van der Waals surface area contributed by atoms with Crippen LogP contribution in [0.15, 0.2) is 0 Å². The smallest absolute Gasteiger partial charge is 0.326 e. The first kappa shape index (κ1) is 24.1. The van der Waals surface area contributed by atoms with E-state index in [0.29, 0.717) is 0 Å². The standard InChI is InChI=1S/C15H24N2O10S/c1-6(19)16-8(12(22)23)3-14(26)11(21)10(5-18)27-15(14,28)4-9(13(24)25)17-7(2)20/h8-11,18,21,26,28H,3-5H2,1-2H3,(H,16,19)(H,17,20)(H,22,23)(H,24,25)/t8-,9-,10+,11-,14+,15?/m0/s1. The minimum absolute atomic E-state index is 0.679. The minimum Gasteiger partial charge on any atom is -0.480 e. The van der Waals surface area contributed by atoms with Crippen LogP contribution in [0.1, 0.15) is 26.7 Å². The quantitative estimate of drug-likeness (QED) is 0.177. The summed E-state index contributed by atoms with van der Waals surface area (Å²) in [4.78, 5) is 43.2. The molecule has 0 aliphatic carbocycles. The molecule has 1 aliphatic heterocycles. The number of carboxylic acid groups (broad SMARTS) is 2. The van der Waals surface area contributed by atoms with Crippen LogP contribution < -0.4 is 10.6 Å². The molecular formula is C15H24N2O10S. The maximum Gasteiger partial charge on any atom is 0.326 e. The van der Waals surface area contributed by atoms with Gasteiger partial charge in [-0.3, -0.25) is 9.59 Å². The molecule has 2 amide bonds. The zero-order valence-corrected chi connectivity index (χ0v) is 16.0. The SMILES string of the molecule is CC(=O)N[C@@H](CC1(S)O[C@H](CO)[C@H](O)[C@]1(O)C[C@H](NC(C)=O)C(=O)O)C(=O)O. The van der Waals surface area contributed by atoms with E-state index < -0.39 is 78.0 Å². The molecule has 0 spiro atoms. The Bertz CT molecular complexity index is 646. The first-order chi connectivity index (χ1) is 12.8. The second-order valence-corrected chi connectivity index (χ2v) is 7.31. The van der Waals surface area contributed by atoms with Gasteiger partial charge in [0.15, 0.2) is 0 Å². The third-order valence-corrected chi connectivity index (χ3v) is 5.07. The predicted octanol–water partition coefficient (Wildman–Crippen LogP) is -2.95. The Morgan fingerprint density at radius 1 is 1.04 bits per heavy atom.